The van der Waals surface area contributed by atoms with E-state index < -0.39 is 0 Å². The van der Waals surface area contributed by atoms with Gasteiger partial charge in [0.25, 0.3) is 0 Å². The molecule has 0 saturated heterocycles. The lowest BCUT2D eigenvalue weighted by Crippen LogP contribution is -1.98. The highest BCUT2D eigenvalue weighted by molar-refractivity contribution is 6.44. The van der Waals surface area contributed by atoms with E-state index in [1.54, 1.807) is 0 Å². The van der Waals surface area contributed by atoms with Crippen LogP contribution in [0.4, 0.5) is 0 Å². The zero-order valence-electron chi connectivity index (χ0n) is 6.63. The SMILES string of the molecule is NCc1ccc(CC(Cl)Cl)cc1. The van der Waals surface area contributed by atoms with Gasteiger partial charge in [0.2, 0.25) is 0 Å². The molecule has 1 aromatic carbocycles. The van der Waals surface area contributed by atoms with Gasteiger partial charge in [-0.25, -0.2) is 0 Å². The smallest absolute Gasteiger partial charge is 0.111 e. The normalized spacial score (nSPS) is 10.7. The predicted molar refractivity (Wildman–Crippen MR) is 53.5 cm³/mol. The molecule has 0 aliphatic heterocycles. The van der Waals surface area contributed by atoms with E-state index in [9.17, 15) is 0 Å². The number of benzene rings is 1. The molecule has 0 aliphatic rings. The lowest BCUT2D eigenvalue weighted by atomic mass is 10.1. The maximum absolute atomic E-state index is 5.63. The van der Waals surface area contributed by atoms with E-state index >= 15 is 0 Å². The van der Waals surface area contributed by atoms with Crippen LogP contribution in [0.2, 0.25) is 0 Å². The van der Waals surface area contributed by atoms with Gasteiger partial charge in [0.05, 0.1) is 0 Å². The Balaban J connectivity index is 2.65. The van der Waals surface area contributed by atoms with Crippen molar-refractivity contribution in [3.8, 4) is 0 Å². The maximum atomic E-state index is 5.63. The molecule has 0 spiro atoms. The van der Waals surface area contributed by atoms with Crippen LogP contribution < -0.4 is 5.73 Å². The molecule has 2 N–H and O–H groups in total. The average Bonchev–Trinajstić information content (AvgIpc) is 2.05. The second-order valence-electron chi connectivity index (χ2n) is 2.62. The van der Waals surface area contributed by atoms with Gasteiger partial charge in [-0.1, -0.05) is 24.3 Å². The van der Waals surface area contributed by atoms with Crippen LogP contribution in [0.1, 0.15) is 11.1 Å². The number of alkyl halides is 2. The van der Waals surface area contributed by atoms with Crippen molar-refractivity contribution in [2.45, 2.75) is 17.8 Å². The van der Waals surface area contributed by atoms with Crippen molar-refractivity contribution >= 4 is 23.2 Å². The summed E-state index contributed by atoms with van der Waals surface area (Å²) in [7, 11) is 0. The molecule has 0 radical (unpaired) electrons. The van der Waals surface area contributed by atoms with Gasteiger partial charge >= 0.3 is 0 Å². The second-order valence-corrected chi connectivity index (χ2v) is 3.89. The first-order chi connectivity index (χ1) is 5.72. The lowest BCUT2D eigenvalue weighted by Gasteiger charge is -2.02. The summed E-state index contributed by atoms with van der Waals surface area (Å²) < 4.78 is 0. The molecule has 0 bridgehead atoms. The van der Waals surface area contributed by atoms with Gasteiger partial charge in [0.15, 0.2) is 0 Å². The first-order valence-electron chi connectivity index (χ1n) is 3.78. The Bertz CT molecular complexity index is 231. The van der Waals surface area contributed by atoms with Crippen LogP contribution in [0, 0.1) is 0 Å². The minimum atomic E-state index is -0.325. The Morgan fingerprint density at radius 1 is 1.08 bits per heavy atom. The first-order valence-corrected chi connectivity index (χ1v) is 4.65. The molecule has 3 heteroatoms. The van der Waals surface area contributed by atoms with Crippen molar-refractivity contribution in [2.75, 3.05) is 0 Å². The molecule has 0 fully saturated rings. The van der Waals surface area contributed by atoms with Crippen LogP contribution in [-0.2, 0) is 13.0 Å². The van der Waals surface area contributed by atoms with Crippen molar-refractivity contribution < 1.29 is 0 Å². The summed E-state index contributed by atoms with van der Waals surface area (Å²) in [6.07, 6.45) is 0.688. The fraction of sp³-hybridized carbons (Fsp3) is 0.333. The largest absolute Gasteiger partial charge is 0.326 e. The van der Waals surface area contributed by atoms with Gasteiger partial charge in [-0.15, -0.1) is 23.2 Å². The summed E-state index contributed by atoms with van der Waals surface area (Å²) in [5, 5.41) is 0. The number of nitrogens with two attached hydrogens (primary N) is 1. The van der Waals surface area contributed by atoms with Crippen LogP contribution in [0.25, 0.3) is 0 Å². The predicted octanol–water partition coefficient (Wildman–Crippen LogP) is 2.49. The maximum Gasteiger partial charge on any atom is 0.111 e. The Morgan fingerprint density at radius 3 is 2.00 bits per heavy atom. The summed E-state index contributed by atoms with van der Waals surface area (Å²) >= 11 is 11.3. The minimum absolute atomic E-state index is 0.325. The average molecular weight is 204 g/mol. The summed E-state index contributed by atoms with van der Waals surface area (Å²) in [6.45, 7) is 0.575. The van der Waals surface area contributed by atoms with Crippen LogP contribution in [0.15, 0.2) is 24.3 Å². The molecule has 12 heavy (non-hydrogen) atoms. The summed E-state index contributed by atoms with van der Waals surface area (Å²) in [6, 6.07) is 7.98. The summed E-state index contributed by atoms with van der Waals surface area (Å²) in [5.74, 6) is 0. The highest BCUT2D eigenvalue weighted by Crippen LogP contribution is 2.12. The first kappa shape index (κ1) is 9.85. The highest BCUT2D eigenvalue weighted by atomic mass is 35.5. The monoisotopic (exact) mass is 203 g/mol. The fourth-order valence-corrected chi connectivity index (χ4v) is 1.35. The number of halogens is 2. The van der Waals surface area contributed by atoms with Crippen molar-refractivity contribution in [1.82, 2.24) is 0 Å². The molecule has 1 nitrogen and oxygen atoms in total. The standard InChI is InChI=1S/C9H11Cl2N/c10-9(11)5-7-1-3-8(6-12)4-2-7/h1-4,9H,5-6,12H2. The van der Waals surface area contributed by atoms with Gasteiger partial charge in [0, 0.05) is 13.0 Å². The van der Waals surface area contributed by atoms with Gasteiger partial charge in [-0.3, -0.25) is 0 Å². The van der Waals surface area contributed by atoms with E-state index in [1.807, 2.05) is 24.3 Å². The fourth-order valence-electron chi connectivity index (χ4n) is 0.990. The number of hydrogen-bond acceptors (Lipinski definition) is 1. The van der Waals surface area contributed by atoms with E-state index in [-0.39, 0.29) is 4.84 Å². The molecular formula is C9H11Cl2N. The van der Waals surface area contributed by atoms with Crippen molar-refractivity contribution in [3.63, 3.8) is 0 Å². The van der Waals surface area contributed by atoms with Gasteiger partial charge in [-0.2, -0.15) is 0 Å². The van der Waals surface area contributed by atoms with Crippen LogP contribution in [0.5, 0.6) is 0 Å². The quantitative estimate of drug-likeness (QED) is 0.752. The van der Waals surface area contributed by atoms with Crippen LogP contribution in [0.3, 0.4) is 0 Å². The molecule has 0 atom stereocenters. The Labute approximate surface area is 82.5 Å². The van der Waals surface area contributed by atoms with Crippen LogP contribution in [-0.4, -0.2) is 4.84 Å². The summed E-state index contributed by atoms with van der Waals surface area (Å²) in [5.41, 5.74) is 7.71. The lowest BCUT2D eigenvalue weighted by molar-refractivity contribution is 1.05. The van der Waals surface area contributed by atoms with Crippen molar-refractivity contribution in [1.29, 1.82) is 0 Å². The van der Waals surface area contributed by atoms with Gasteiger partial charge < -0.3 is 5.73 Å². The van der Waals surface area contributed by atoms with E-state index in [0.717, 1.165) is 11.1 Å². The molecular weight excluding hydrogens is 193 g/mol. The third-order valence-corrected chi connectivity index (χ3v) is 1.96. The Morgan fingerprint density at radius 2 is 1.58 bits per heavy atom. The zero-order chi connectivity index (χ0) is 8.97. The third-order valence-electron chi connectivity index (χ3n) is 1.65. The van der Waals surface area contributed by atoms with E-state index in [4.69, 9.17) is 28.9 Å². The van der Waals surface area contributed by atoms with Crippen LogP contribution >= 0.6 is 23.2 Å². The number of hydrogen-bond donors (Lipinski definition) is 1. The number of rotatable bonds is 3. The minimum Gasteiger partial charge on any atom is -0.326 e. The molecule has 0 aromatic heterocycles. The Kier molecular flexibility index (Phi) is 3.86. The van der Waals surface area contributed by atoms with Crippen molar-refractivity contribution in [3.05, 3.63) is 35.4 Å². The highest BCUT2D eigenvalue weighted by Gasteiger charge is 2.00. The molecule has 0 aliphatic carbocycles. The third kappa shape index (κ3) is 3.02. The van der Waals surface area contributed by atoms with Gasteiger partial charge in [-0.05, 0) is 11.1 Å². The zero-order valence-corrected chi connectivity index (χ0v) is 8.15. The molecule has 0 saturated carbocycles. The second kappa shape index (κ2) is 4.70. The molecule has 0 amide bonds. The van der Waals surface area contributed by atoms with E-state index in [2.05, 4.69) is 0 Å². The topological polar surface area (TPSA) is 26.0 Å². The van der Waals surface area contributed by atoms with Crippen molar-refractivity contribution in [2.24, 2.45) is 5.73 Å². The van der Waals surface area contributed by atoms with E-state index in [0.29, 0.717) is 13.0 Å². The van der Waals surface area contributed by atoms with Gasteiger partial charge in [0.1, 0.15) is 4.84 Å². The molecule has 66 valence electrons. The summed E-state index contributed by atoms with van der Waals surface area (Å²) in [4.78, 5) is -0.325. The molecule has 0 heterocycles. The molecule has 0 unspecified atom stereocenters. The Hall–Kier alpha value is -0.240. The molecule has 1 rings (SSSR count). The van der Waals surface area contributed by atoms with E-state index in [1.165, 1.54) is 0 Å². The molecule has 1 aromatic rings.